The number of benzene rings is 1. The Kier molecular flexibility index (Phi) is 2.78. The third-order valence-corrected chi connectivity index (χ3v) is 3.15. The zero-order valence-electron chi connectivity index (χ0n) is 7.86. The molecule has 1 nitrogen and oxygen atoms in total. The van der Waals surface area contributed by atoms with Crippen molar-refractivity contribution in [1.82, 2.24) is 0 Å². The highest BCUT2D eigenvalue weighted by atomic mass is 79.9. The minimum atomic E-state index is 0.949. The summed E-state index contributed by atoms with van der Waals surface area (Å²) in [5, 5.41) is 0. The Morgan fingerprint density at radius 1 is 1.08 bits per heavy atom. The van der Waals surface area contributed by atoms with Gasteiger partial charge < -0.3 is 4.74 Å². The molecule has 2 heteroatoms. The van der Waals surface area contributed by atoms with Gasteiger partial charge in [0.1, 0.15) is 5.75 Å². The molecule has 0 atom stereocenters. The number of rotatable bonds is 1. The van der Waals surface area contributed by atoms with Gasteiger partial charge in [0.05, 0.1) is 7.11 Å². The molecular weight excluding hydrogens is 216 g/mol. The SMILES string of the molecule is COc1cc(Br)c(C)c(C)c1C. The molecule has 0 bridgehead atoms. The number of hydrogen-bond donors (Lipinski definition) is 0. The van der Waals surface area contributed by atoms with Crippen LogP contribution in [0.5, 0.6) is 5.75 Å². The van der Waals surface area contributed by atoms with E-state index in [1.54, 1.807) is 7.11 Å². The molecule has 0 spiro atoms. The summed E-state index contributed by atoms with van der Waals surface area (Å²) in [5.74, 6) is 0.949. The van der Waals surface area contributed by atoms with Crippen LogP contribution >= 0.6 is 15.9 Å². The van der Waals surface area contributed by atoms with E-state index < -0.39 is 0 Å². The highest BCUT2D eigenvalue weighted by molar-refractivity contribution is 9.10. The van der Waals surface area contributed by atoms with Crippen LogP contribution in [0.3, 0.4) is 0 Å². The molecule has 0 saturated heterocycles. The maximum atomic E-state index is 5.23. The van der Waals surface area contributed by atoms with Crippen molar-refractivity contribution in [3.63, 3.8) is 0 Å². The van der Waals surface area contributed by atoms with Gasteiger partial charge in [-0.05, 0) is 43.5 Å². The molecule has 1 rings (SSSR count). The molecule has 0 aromatic heterocycles. The Balaban J connectivity index is 3.39. The largest absolute Gasteiger partial charge is 0.496 e. The van der Waals surface area contributed by atoms with Crippen molar-refractivity contribution in [3.05, 3.63) is 27.2 Å². The second-order valence-electron chi connectivity index (χ2n) is 2.94. The minimum absolute atomic E-state index is 0.949. The summed E-state index contributed by atoms with van der Waals surface area (Å²) in [6.45, 7) is 6.29. The summed E-state index contributed by atoms with van der Waals surface area (Å²) >= 11 is 3.49. The van der Waals surface area contributed by atoms with Gasteiger partial charge in [0.2, 0.25) is 0 Å². The standard InChI is InChI=1S/C10H13BrO/c1-6-7(2)9(11)5-10(12-4)8(6)3/h5H,1-4H3. The van der Waals surface area contributed by atoms with Crippen LogP contribution in [0.2, 0.25) is 0 Å². The van der Waals surface area contributed by atoms with Crippen LogP contribution in [-0.4, -0.2) is 7.11 Å². The zero-order valence-corrected chi connectivity index (χ0v) is 9.45. The first-order chi connectivity index (χ1) is 5.57. The lowest BCUT2D eigenvalue weighted by atomic mass is 10.0. The van der Waals surface area contributed by atoms with E-state index in [9.17, 15) is 0 Å². The van der Waals surface area contributed by atoms with Crippen LogP contribution in [-0.2, 0) is 0 Å². The highest BCUT2D eigenvalue weighted by Crippen LogP contribution is 2.30. The number of hydrogen-bond acceptors (Lipinski definition) is 1. The molecule has 1 aromatic rings. The molecule has 66 valence electrons. The van der Waals surface area contributed by atoms with Gasteiger partial charge in [-0.2, -0.15) is 0 Å². The van der Waals surface area contributed by atoms with E-state index in [1.807, 2.05) is 6.07 Å². The van der Waals surface area contributed by atoms with Crippen LogP contribution in [0.4, 0.5) is 0 Å². The Bertz CT molecular complexity index is 305. The number of ether oxygens (including phenoxy) is 1. The molecule has 1 aromatic carbocycles. The summed E-state index contributed by atoms with van der Waals surface area (Å²) in [6.07, 6.45) is 0. The van der Waals surface area contributed by atoms with Crippen LogP contribution in [0.25, 0.3) is 0 Å². The first-order valence-corrected chi connectivity index (χ1v) is 4.67. The molecule has 0 N–H and O–H groups in total. The van der Waals surface area contributed by atoms with E-state index in [4.69, 9.17) is 4.74 Å². The molecule has 0 saturated carbocycles. The Morgan fingerprint density at radius 3 is 2.17 bits per heavy atom. The third-order valence-electron chi connectivity index (χ3n) is 2.33. The van der Waals surface area contributed by atoms with Crippen LogP contribution in [0.15, 0.2) is 10.5 Å². The van der Waals surface area contributed by atoms with Gasteiger partial charge in [0, 0.05) is 4.47 Å². The van der Waals surface area contributed by atoms with Gasteiger partial charge in [0.25, 0.3) is 0 Å². The molecular formula is C10H13BrO. The number of methoxy groups -OCH3 is 1. The van der Waals surface area contributed by atoms with E-state index in [0.29, 0.717) is 0 Å². The van der Waals surface area contributed by atoms with Gasteiger partial charge in [-0.15, -0.1) is 0 Å². The summed E-state index contributed by atoms with van der Waals surface area (Å²) in [4.78, 5) is 0. The first-order valence-electron chi connectivity index (χ1n) is 3.88. The van der Waals surface area contributed by atoms with E-state index >= 15 is 0 Å². The van der Waals surface area contributed by atoms with E-state index in [2.05, 4.69) is 36.7 Å². The first kappa shape index (κ1) is 9.59. The van der Waals surface area contributed by atoms with Crippen molar-refractivity contribution in [1.29, 1.82) is 0 Å². The molecule has 0 fully saturated rings. The average Bonchev–Trinajstić information content (AvgIpc) is 2.08. The Labute approximate surface area is 81.9 Å². The third kappa shape index (κ3) is 1.48. The highest BCUT2D eigenvalue weighted by Gasteiger charge is 2.07. The van der Waals surface area contributed by atoms with Crippen molar-refractivity contribution in [3.8, 4) is 5.75 Å². The van der Waals surface area contributed by atoms with Crippen LogP contribution < -0.4 is 4.74 Å². The van der Waals surface area contributed by atoms with Crippen molar-refractivity contribution >= 4 is 15.9 Å². The summed E-state index contributed by atoms with van der Waals surface area (Å²) in [5.41, 5.74) is 3.80. The molecule has 0 aliphatic heterocycles. The lowest BCUT2D eigenvalue weighted by molar-refractivity contribution is 0.411. The van der Waals surface area contributed by atoms with E-state index in [1.165, 1.54) is 16.7 Å². The van der Waals surface area contributed by atoms with Gasteiger partial charge in [-0.3, -0.25) is 0 Å². The van der Waals surface area contributed by atoms with E-state index in [0.717, 1.165) is 10.2 Å². The maximum Gasteiger partial charge on any atom is 0.123 e. The van der Waals surface area contributed by atoms with Crippen LogP contribution in [0, 0.1) is 20.8 Å². The molecule has 0 amide bonds. The van der Waals surface area contributed by atoms with Crippen molar-refractivity contribution in [2.75, 3.05) is 7.11 Å². The molecule has 0 aliphatic rings. The average molecular weight is 229 g/mol. The summed E-state index contributed by atoms with van der Waals surface area (Å²) in [6, 6.07) is 2.01. The summed E-state index contributed by atoms with van der Waals surface area (Å²) < 4.78 is 6.35. The Morgan fingerprint density at radius 2 is 1.67 bits per heavy atom. The molecule has 0 radical (unpaired) electrons. The fourth-order valence-corrected chi connectivity index (χ4v) is 1.69. The van der Waals surface area contributed by atoms with Gasteiger partial charge in [-0.1, -0.05) is 15.9 Å². The van der Waals surface area contributed by atoms with Crippen molar-refractivity contribution < 1.29 is 4.74 Å². The molecule has 0 unspecified atom stereocenters. The Hall–Kier alpha value is -0.500. The normalized spacial score (nSPS) is 10.1. The predicted octanol–water partition coefficient (Wildman–Crippen LogP) is 3.38. The minimum Gasteiger partial charge on any atom is -0.496 e. The lowest BCUT2D eigenvalue weighted by Gasteiger charge is -2.11. The predicted molar refractivity (Wildman–Crippen MR) is 54.9 cm³/mol. The van der Waals surface area contributed by atoms with Crippen molar-refractivity contribution in [2.45, 2.75) is 20.8 Å². The van der Waals surface area contributed by atoms with Gasteiger partial charge in [-0.25, -0.2) is 0 Å². The lowest BCUT2D eigenvalue weighted by Crippen LogP contribution is -1.93. The summed E-state index contributed by atoms with van der Waals surface area (Å²) in [7, 11) is 1.70. The van der Waals surface area contributed by atoms with Gasteiger partial charge >= 0.3 is 0 Å². The second kappa shape index (κ2) is 3.48. The van der Waals surface area contributed by atoms with Crippen molar-refractivity contribution in [2.24, 2.45) is 0 Å². The van der Waals surface area contributed by atoms with E-state index in [-0.39, 0.29) is 0 Å². The topological polar surface area (TPSA) is 9.23 Å². The zero-order chi connectivity index (χ0) is 9.30. The molecule has 12 heavy (non-hydrogen) atoms. The number of halogens is 1. The molecule has 0 aliphatic carbocycles. The molecule has 0 heterocycles. The fourth-order valence-electron chi connectivity index (χ4n) is 1.19. The maximum absolute atomic E-state index is 5.23. The van der Waals surface area contributed by atoms with Gasteiger partial charge in [0.15, 0.2) is 0 Å². The second-order valence-corrected chi connectivity index (χ2v) is 3.79. The monoisotopic (exact) mass is 228 g/mol. The van der Waals surface area contributed by atoms with Crippen LogP contribution in [0.1, 0.15) is 16.7 Å². The fraction of sp³-hybridized carbons (Fsp3) is 0.400. The quantitative estimate of drug-likeness (QED) is 0.717. The smallest absolute Gasteiger partial charge is 0.123 e.